The maximum Gasteiger partial charge on any atom is 0.261 e. The first-order valence-corrected chi connectivity index (χ1v) is 11.9. The van der Waals surface area contributed by atoms with Gasteiger partial charge in [0.15, 0.2) is 0 Å². The van der Waals surface area contributed by atoms with Gasteiger partial charge >= 0.3 is 0 Å². The van der Waals surface area contributed by atoms with E-state index in [9.17, 15) is 0 Å². The quantitative estimate of drug-likeness (QED) is 0.617. The van der Waals surface area contributed by atoms with Crippen molar-refractivity contribution in [1.82, 2.24) is 0 Å². The SMILES string of the molecule is CC(C)(C)[Si](OCC(N)Cc1ccccc1)(c1ccccc1)c1ccccc1. The molecule has 2 nitrogen and oxygen atoms in total. The minimum absolute atomic E-state index is 0.0256. The lowest BCUT2D eigenvalue weighted by molar-refractivity contribution is 0.271. The molecule has 3 aromatic carbocycles. The average molecular weight is 390 g/mol. The fourth-order valence-electron chi connectivity index (χ4n) is 3.97. The highest BCUT2D eigenvalue weighted by molar-refractivity contribution is 6.99. The lowest BCUT2D eigenvalue weighted by atomic mass is 10.1. The topological polar surface area (TPSA) is 35.2 Å². The average Bonchev–Trinajstić information content (AvgIpc) is 2.70. The lowest BCUT2D eigenvalue weighted by Gasteiger charge is -2.43. The summed E-state index contributed by atoms with van der Waals surface area (Å²) in [5, 5.41) is 2.56. The van der Waals surface area contributed by atoms with Gasteiger partial charge in [-0.15, -0.1) is 0 Å². The van der Waals surface area contributed by atoms with Gasteiger partial charge in [-0.25, -0.2) is 0 Å². The van der Waals surface area contributed by atoms with E-state index in [2.05, 4.69) is 106 Å². The molecule has 0 saturated carbocycles. The predicted octanol–water partition coefficient (Wildman–Crippen LogP) is 4.13. The molecule has 0 aliphatic carbocycles. The molecule has 3 rings (SSSR count). The Labute approximate surface area is 170 Å². The summed E-state index contributed by atoms with van der Waals surface area (Å²) in [7, 11) is -2.51. The molecule has 0 spiro atoms. The molecule has 1 atom stereocenters. The van der Waals surface area contributed by atoms with Crippen molar-refractivity contribution in [2.45, 2.75) is 38.3 Å². The molecule has 0 fully saturated rings. The Morgan fingerprint density at radius 1 is 0.750 bits per heavy atom. The third-order valence-corrected chi connectivity index (χ3v) is 10.3. The van der Waals surface area contributed by atoms with Gasteiger partial charge in [0.05, 0.1) is 6.61 Å². The Balaban J connectivity index is 1.94. The maximum atomic E-state index is 6.91. The van der Waals surface area contributed by atoms with Gasteiger partial charge in [0, 0.05) is 6.04 Å². The Morgan fingerprint density at radius 3 is 1.61 bits per heavy atom. The van der Waals surface area contributed by atoms with E-state index in [1.54, 1.807) is 0 Å². The van der Waals surface area contributed by atoms with Crippen molar-refractivity contribution in [3.05, 3.63) is 96.6 Å². The number of nitrogens with two attached hydrogens (primary N) is 1. The van der Waals surface area contributed by atoms with Crippen LogP contribution in [0.4, 0.5) is 0 Å². The number of hydrogen-bond acceptors (Lipinski definition) is 2. The molecule has 0 bridgehead atoms. The summed E-state index contributed by atoms with van der Waals surface area (Å²) in [5.74, 6) is 0. The molecule has 0 amide bonds. The third-order valence-electron chi connectivity index (χ3n) is 5.27. The Bertz CT molecular complexity index is 804. The molecule has 3 aromatic rings. The summed E-state index contributed by atoms with van der Waals surface area (Å²) in [5.41, 5.74) is 7.76. The largest absolute Gasteiger partial charge is 0.406 e. The van der Waals surface area contributed by atoms with E-state index >= 15 is 0 Å². The van der Waals surface area contributed by atoms with E-state index in [0.717, 1.165) is 6.42 Å². The van der Waals surface area contributed by atoms with Gasteiger partial charge in [-0.3, -0.25) is 0 Å². The molecule has 28 heavy (non-hydrogen) atoms. The van der Waals surface area contributed by atoms with Gasteiger partial charge < -0.3 is 10.2 Å². The molecule has 1 unspecified atom stereocenters. The minimum Gasteiger partial charge on any atom is -0.406 e. The van der Waals surface area contributed by atoms with Crippen LogP contribution in [0.2, 0.25) is 5.04 Å². The Kier molecular flexibility index (Phi) is 6.50. The smallest absolute Gasteiger partial charge is 0.261 e. The van der Waals surface area contributed by atoms with Gasteiger partial charge in [0.2, 0.25) is 0 Å². The van der Waals surface area contributed by atoms with E-state index in [-0.39, 0.29) is 11.1 Å². The highest BCUT2D eigenvalue weighted by Crippen LogP contribution is 2.36. The molecular weight excluding hydrogens is 358 g/mol. The van der Waals surface area contributed by atoms with Crippen molar-refractivity contribution in [1.29, 1.82) is 0 Å². The van der Waals surface area contributed by atoms with Gasteiger partial charge in [0.25, 0.3) is 8.32 Å². The molecular formula is C25H31NOSi. The molecule has 0 aliphatic heterocycles. The molecule has 146 valence electrons. The third kappa shape index (κ3) is 4.44. The van der Waals surface area contributed by atoms with E-state index < -0.39 is 8.32 Å². The van der Waals surface area contributed by atoms with Gasteiger partial charge in [-0.1, -0.05) is 112 Å². The summed E-state index contributed by atoms with van der Waals surface area (Å²) in [6.07, 6.45) is 0.818. The molecule has 0 radical (unpaired) electrons. The molecule has 3 heteroatoms. The zero-order valence-corrected chi connectivity index (χ0v) is 18.1. The highest BCUT2D eigenvalue weighted by atomic mass is 28.4. The van der Waals surface area contributed by atoms with Crippen molar-refractivity contribution in [3.63, 3.8) is 0 Å². The van der Waals surface area contributed by atoms with Crippen LogP contribution >= 0.6 is 0 Å². The summed E-state index contributed by atoms with van der Waals surface area (Å²) < 4.78 is 6.91. The Morgan fingerprint density at radius 2 is 1.18 bits per heavy atom. The number of benzene rings is 3. The first-order chi connectivity index (χ1) is 13.4. The first kappa shape index (κ1) is 20.5. The predicted molar refractivity (Wildman–Crippen MR) is 122 cm³/mol. The fourth-order valence-corrected chi connectivity index (χ4v) is 8.59. The van der Waals surface area contributed by atoms with Crippen LogP contribution in [0.3, 0.4) is 0 Å². The van der Waals surface area contributed by atoms with Crippen LogP contribution in [0.15, 0.2) is 91.0 Å². The molecule has 0 heterocycles. The normalized spacial score (nSPS) is 13.3. The highest BCUT2D eigenvalue weighted by Gasteiger charge is 2.50. The monoisotopic (exact) mass is 389 g/mol. The van der Waals surface area contributed by atoms with E-state index in [0.29, 0.717) is 6.61 Å². The molecule has 2 N–H and O–H groups in total. The van der Waals surface area contributed by atoms with Crippen molar-refractivity contribution < 1.29 is 4.43 Å². The maximum absolute atomic E-state index is 6.91. The van der Waals surface area contributed by atoms with E-state index in [4.69, 9.17) is 10.2 Å². The standard InChI is InChI=1S/C25H31NOSi/c1-25(2,3)28(23-15-9-5-10-16-23,24-17-11-6-12-18-24)27-20-22(26)19-21-13-7-4-8-14-21/h4-18,22H,19-20,26H2,1-3H3. The Hall–Kier alpha value is -2.20. The minimum atomic E-state index is -2.51. The number of hydrogen-bond donors (Lipinski definition) is 1. The van der Waals surface area contributed by atoms with Crippen LogP contribution in [0.5, 0.6) is 0 Å². The molecule has 0 aliphatic rings. The summed E-state index contributed by atoms with van der Waals surface area (Å²) in [6, 6.07) is 31.8. The van der Waals surface area contributed by atoms with Crippen molar-refractivity contribution in [3.8, 4) is 0 Å². The zero-order chi connectivity index (χ0) is 20.0. The molecule has 0 aromatic heterocycles. The van der Waals surface area contributed by atoms with Gasteiger partial charge in [-0.2, -0.15) is 0 Å². The van der Waals surface area contributed by atoms with Gasteiger partial charge in [-0.05, 0) is 27.4 Å². The van der Waals surface area contributed by atoms with Crippen LogP contribution in [0.1, 0.15) is 26.3 Å². The van der Waals surface area contributed by atoms with Crippen molar-refractivity contribution in [2.24, 2.45) is 5.73 Å². The zero-order valence-electron chi connectivity index (χ0n) is 17.1. The van der Waals surface area contributed by atoms with E-state index in [1.807, 2.05) is 6.07 Å². The summed E-state index contributed by atoms with van der Waals surface area (Å²) >= 11 is 0. The van der Waals surface area contributed by atoms with Crippen LogP contribution in [0.25, 0.3) is 0 Å². The van der Waals surface area contributed by atoms with Crippen LogP contribution in [-0.2, 0) is 10.8 Å². The fraction of sp³-hybridized carbons (Fsp3) is 0.280. The first-order valence-electron chi connectivity index (χ1n) is 9.98. The second-order valence-corrected chi connectivity index (χ2v) is 12.7. The van der Waals surface area contributed by atoms with Crippen LogP contribution in [0, 0.1) is 0 Å². The van der Waals surface area contributed by atoms with Crippen molar-refractivity contribution in [2.75, 3.05) is 6.61 Å². The van der Waals surface area contributed by atoms with Crippen LogP contribution < -0.4 is 16.1 Å². The summed E-state index contributed by atoms with van der Waals surface area (Å²) in [6.45, 7) is 7.42. The van der Waals surface area contributed by atoms with Crippen LogP contribution in [-0.4, -0.2) is 21.0 Å². The van der Waals surface area contributed by atoms with Gasteiger partial charge in [0.1, 0.15) is 0 Å². The lowest BCUT2D eigenvalue weighted by Crippen LogP contribution is -2.67. The second kappa shape index (κ2) is 8.87. The van der Waals surface area contributed by atoms with E-state index in [1.165, 1.54) is 15.9 Å². The number of rotatable bonds is 7. The second-order valence-electron chi connectivity index (χ2n) is 8.42. The summed E-state index contributed by atoms with van der Waals surface area (Å²) in [4.78, 5) is 0. The van der Waals surface area contributed by atoms with Crippen molar-refractivity contribution >= 4 is 18.7 Å². The molecule has 0 saturated heterocycles.